The highest BCUT2D eigenvalue weighted by Gasteiger charge is 2.15. The Morgan fingerprint density at radius 1 is 0.861 bits per heavy atom. The largest absolute Gasteiger partial charge is 0.497 e. The van der Waals surface area contributed by atoms with Gasteiger partial charge in [-0.15, -0.1) is 0 Å². The van der Waals surface area contributed by atoms with Gasteiger partial charge in [-0.25, -0.2) is 4.98 Å². The first kappa shape index (κ1) is 27.7. The molecule has 36 heavy (non-hydrogen) atoms. The van der Waals surface area contributed by atoms with Crippen LogP contribution in [0.15, 0.2) is 53.7 Å². The number of imidazole rings is 1. The van der Waals surface area contributed by atoms with Crippen LogP contribution < -0.4 is 14.8 Å². The van der Waals surface area contributed by atoms with E-state index in [4.69, 9.17) is 14.5 Å². The average molecular weight is 510 g/mol. The monoisotopic (exact) mass is 509 g/mol. The van der Waals surface area contributed by atoms with Crippen molar-refractivity contribution in [3.05, 3.63) is 48.5 Å². The van der Waals surface area contributed by atoms with E-state index in [1.807, 2.05) is 48.5 Å². The predicted molar refractivity (Wildman–Crippen MR) is 149 cm³/mol. The molecule has 0 radical (unpaired) electrons. The summed E-state index contributed by atoms with van der Waals surface area (Å²) in [5.74, 6) is 2.51. The van der Waals surface area contributed by atoms with Crippen molar-refractivity contribution in [1.29, 1.82) is 0 Å². The number of carbonyl (C=O) groups excluding carboxylic acids is 1. The van der Waals surface area contributed by atoms with Gasteiger partial charge in [-0.2, -0.15) is 0 Å². The van der Waals surface area contributed by atoms with E-state index in [-0.39, 0.29) is 5.91 Å². The summed E-state index contributed by atoms with van der Waals surface area (Å²) >= 11 is 1.61. The maximum atomic E-state index is 12.2. The zero-order valence-electron chi connectivity index (χ0n) is 21.8. The summed E-state index contributed by atoms with van der Waals surface area (Å²) in [5.41, 5.74) is 3.87. The molecule has 194 valence electrons. The maximum Gasteiger partial charge on any atom is 0.220 e. The Labute approximate surface area is 219 Å². The molecule has 0 aliphatic rings. The summed E-state index contributed by atoms with van der Waals surface area (Å²) < 4.78 is 10.6. The molecule has 3 rings (SSSR count). The van der Waals surface area contributed by atoms with E-state index in [9.17, 15) is 4.79 Å². The second-order valence-corrected chi connectivity index (χ2v) is 9.88. The van der Waals surface area contributed by atoms with Crippen LogP contribution in [0.5, 0.6) is 11.5 Å². The number of nitrogens with one attached hydrogen (secondary N) is 2. The zero-order valence-corrected chi connectivity index (χ0v) is 22.6. The van der Waals surface area contributed by atoms with Gasteiger partial charge in [0.25, 0.3) is 0 Å². The highest BCUT2D eigenvalue weighted by Crippen LogP contribution is 2.34. The third-order valence-electron chi connectivity index (χ3n) is 6.09. The van der Waals surface area contributed by atoms with Crippen LogP contribution in [0.3, 0.4) is 0 Å². The second kappa shape index (κ2) is 15.2. The molecule has 0 bridgehead atoms. The van der Waals surface area contributed by atoms with Crippen molar-refractivity contribution in [2.45, 2.75) is 63.4 Å². The van der Waals surface area contributed by atoms with Gasteiger partial charge < -0.3 is 19.8 Å². The summed E-state index contributed by atoms with van der Waals surface area (Å²) in [5, 5.41) is 3.87. The van der Waals surface area contributed by atoms with Crippen LogP contribution in [0.2, 0.25) is 0 Å². The lowest BCUT2D eigenvalue weighted by atomic mass is 10.0. The highest BCUT2D eigenvalue weighted by molar-refractivity contribution is 7.99. The summed E-state index contributed by atoms with van der Waals surface area (Å²) in [6, 6.07) is 15.9. The van der Waals surface area contributed by atoms with E-state index in [0.717, 1.165) is 57.8 Å². The first-order valence-corrected chi connectivity index (χ1v) is 13.9. The van der Waals surface area contributed by atoms with E-state index in [2.05, 4.69) is 17.2 Å². The molecular formula is C29H39N3O3S. The number of rotatable bonds is 16. The molecule has 1 amide bonds. The summed E-state index contributed by atoms with van der Waals surface area (Å²) in [7, 11) is 3.32. The number of H-pyrrole nitrogens is 1. The van der Waals surface area contributed by atoms with Gasteiger partial charge in [-0.3, -0.25) is 4.79 Å². The predicted octanol–water partition coefficient (Wildman–Crippen LogP) is 7.11. The van der Waals surface area contributed by atoms with Crippen molar-refractivity contribution in [2.24, 2.45) is 0 Å². The number of thioether (sulfide) groups is 1. The number of methoxy groups -OCH3 is 2. The van der Waals surface area contributed by atoms with Crippen LogP contribution in [-0.4, -0.2) is 42.4 Å². The van der Waals surface area contributed by atoms with E-state index < -0.39 is 0 Å². The summed E-state index contributed by atoms with van der Waals surface area (Å²) in [4.78, 5) is 20.5. The quantitative estimate of drug-likeness (QED) is 0.159. The smallest absolute Gasteiger partial charge is 0.220 e. The lowest BCUT2D eigenvalue weighted by molar-refractivity contribution is -0.121. The standard InChI is InChI=1S/C29H39N3O3S/c1-4-5-6-7-8-9-10-11-26(33)30-20-21-36-29-31-27(22-12-16-24(34-2)17-13-22)28(32-29)23-14-18-25(35-3)19-15-23/h12-19H,4-11,20-21H2,1-3H3,(H,30,33)(H,31,32). The van der Waals surface area contributed by atoms with E-state index >= 15 is 0 Å². The number of unbranched alkanes of at least 4 members (excludes halogenated alkanes) is 6. The lowest BCUT2D eigenvalue weighted by Gasteiger charge is -2.06. The Balaban J connectivity index is 1.55. The Morgan fingerprint density at radius 2 is 1.44 bits per heavy atom. The number of hydrogen-bond acceptors (Lipinski definition) is 5. The number of aromatic nitrogens is 2. The number of ether oxygens (including phenoxy) is 2. The van der Waals surface area contributed by atoms with Gasteiger partial charge in [0, 0.05) is 29.8 Å². The number of benzene rings is 2. The molecule has 0 saturated carbocycles. The molecule has 0 aliphatic heterocycles. The topological polar surface area (TPSA) is 76.2 Å². The third kappa shape index (κ3) is 8.63. The molecule has 1 aromatic heterocycles. The van der Waals surface area contributed by atoms with Crippen LogP contribution in [0.1, 0.15) is 58.3 Å². The molecular weight excluding hydrogens is 470 g/mol. The molecule has 0 saturated heterocycles. The second-order valence-electron chi connectivity index (χ2n) is 8.79. The van der Waals surface area contributed by atoms with Crippen LogP contribution in [-0.2, 0) is 4.79 Å². The molecule has 0 unspecified atom stereocenters. The summed E-state index contributed by atoms with van der Waals surface area (Å²) in [6.45, 7) is 2.85. The van der Waals surface area contributed by atoms with Crippen molar-refractivity contribution in [3.8, 4) is 34.0 Å². The molecule has 6 nitrogen and oxygen atoms in total. The Hall–Kier alpha value is -2.93. The molecule has 0 fully saturated rings. The van der Waals surface area contributed by atoms with E-state index in [1.165, 1.54) is 32.1 Å². The minimum Gasteiger partial charge on any atom is -0.497 e. The number of hydrogen-bond donors (Lipinski definition) is 2. The maximum absolute atomic E-state index is 12.2. The van der Waals surface area contributed by atoms with Crippen LogP contribution in [0.4, 0.5) is 0 Å². The zero-order chi connectivity index (χ0) is 25.6. The number of nitrogens with zero attached hydrogens (tertiary/aromatic N) is 1. The van der Waals surface area contributed by atoms with Crippen LogP contribution >= 0.6 is 11.8 Å². The normalized spacial score (nSPS) is 10.9. The van der Waals surface area contributed by atoms with Crippen molar-refractivity contribution < 1.29 is 14.3 Å². The molecule has 1 heterocycles. The molecule has 2 aromatic carbocycles. The average Bonchev–Trinajstić information content (AvgIpc) is 3.35. The van der Waals surface area contributed by atoms with Gasteiger partial charge in [0.05, 0.1) is 25.6 Å². The van der Waals surface area contributed by atoms with Crippen molar-refractivity contribution in [1.82, 2.24) is 15.3 Å². The van der Waals surface area contributed by atoms with Gasteiger partial charge in [-0.1, -0.05) is 57.2 Å². The fourth-order valence-corrected chi connectivity index (χ4v) is 4.74. The van der Waals surface area contributed by atoms with Gasteiger partial charge in [0.1, 0.15) is 11.5 Å². The molecule has 7 heteroatoms. The van der Waals surface area contributed by atoms with Crippen LogP contribution in [0, 0.1) is 0 Å². The third-order valence-corrected chi connectivity index (χ3v) is 6.97. The van der Waals surface area contributed by atoms with Gasteiger partial charge in [-0.05, 0) is 55.0 Å². The first-order valence-electron chi connectivity index (χ1n) is 12.9. The fourth-order valence-electron chi connectivity index (χ4n) is 4.01. The minimum absolute atomic E-state index is 0.140. The molecule has 3 aromatic rings. The highest BCUT2D eigenvalue weighted by atomic mass is 32.2. The van der Waals surface area contributed by atoms with Gasteiger partial charge in [0.2, 0.25) is 5.91 Å². The number of carbonyl (C=O) groups is 1. The van der Waals surface area contributed by atoms with Crippen molar-refractivity contribution in [3.63, 3.8) is 0 Å². The molecule has 0 aliphatic carbocycles. The SMILES string of the molecule is CCCCCCCCCC(=O)NCCSc1nc(-c2ccc(OC)cc2)c(-c2ccc(OC)cc2)[nH]1. The summed E-state index contributed by atoms with van der Waals surface area (Å²) in [6.07, 6.45) is 9.14. The molecule has 0 atom stereocenters. The van der Waals surface area contributed by atoms with Gasteiger partial charge in [0.15, 0.2) is 5.16 Å². The Morgan fingerprint density at radius 3 is 2.06 bits per heavy atom. The van der Waals surface area contributed by atoms with Crippen molar-refractivity contribution >= 4 is 17.7 Å². The lowest BCUT2D eigenvalue weighted by Crippen LogP contribution is -2.25. The fraction of sp³-hybridized carbons (Fsp3) is 0.448. The van der Waals surface area contributed by atoms with Crippen LogP contribution in [0.25, 0.3) is 22.5 Å². The number of aromatic amines is 1. The molecule has 2 N–H and O–H groups in total. The molecule has 0 spiro atoms. The van der Waals surface area contributed by atoms with Gasteiger partial charge >= 0.3 is 0 Å². The van der Waals surface area contributed by atoms with Crippen molar-refractivity contribution in [2.75, 3.05) is 26.5 Å². The minimum atomic E-state index is 0.140. The van der Waals surface area contributed by atoms with E-state index in [1.54, 1.807) is 26.0 Å². The van der Waals surface area contributed by atoms with E-state index in [0.29, 0.717) is 13.0 Å². The number of amides is 1. The Bertz CT molecular complexity index is 984. The first-order chi connectivity index (χ1) is 17.6. The Kier molecular flexibility index (Phi) is 11.7.